The van der Waals surface area contributed by atoms with Gasteiger partial charge in [0.2, 0.25) is 5.91 Å². The number of likely N-dealkylation sites (N-methyl/N-ethyl adjacent to an activating group) is 1. The van der Waals surface area contributed by atoms with Gasteiger partial charge in [0.1, 0.15) is 0 Å². The van der Waals surface area contributed by atoms with Crippen molar-refractivity contribution < 1.29 is 23.1 Å². The number of nitrogens with zero attached hydrogens (tertiary/aromatic N) is 2. The van der Waals surface area contributed by atoms with Crippen molar-refractivity contribution in [1.82, 2.24) is 9.80 Å². The molecule has 0 aliphatic heterocycles. The minimum absolute atomic E-state index is 0.117. The Kier molecular flexibility index (Phi) is 6.48. The highest BCUT2D eigenvalue weighted by molar-refractivity contribution is 5.77. The summed E-state index contributed by atoms with van der Waals surface area (Å²) in [6.45, 7) is 1.45. The quantitative estimate of drug-likeness (QED) is 0.761. The topological polar surface area (TPSA) is 43.8 Å². The fraction of sp³-hybridized carbons (Fsp3) is 0.900. The molecule has 0 bridgehead atoms. The third-order valence-electron chi connectivity index (χ3n) is 2.21. The molecule has 0 fully saturated rings. The van der Waals surface area contributed by atoms with Gasteiger partial charge >= 0.3 is 6.18 Å². The lowest BCUT2D eigenvalue weighted by Gasteiger charge is -2.26. The summed E-state index contributed by atoms with van der Waals surface area (Å²) in [6.07, 6.45) is -6.44. The van der Waals surface area contributed by atoms with Crippen LogP contribution in [0.25, 0.3) is 0 Å². The predicted octanol–water partition coefficient (Wildman–Crippen LogP) is 0.710. The summed E-state index contributed by atoms with van der Waals surface area (Å²) in [5.41, 5.74) is 0. The van der Waals surface area contributed by atoms with E-state index in [1.54, 1.807) is 6.92 Å². The van der Waals surface area contributed by atoms with Crippen molar-refractivity contribution in [2.24, 2.45) is 0 Å². The molecule has 0 aromatic rings. The van der Waals surface area contributed by atoms with Crippen molar-refractivity contribution in [3.05, 3.63) is 0 Å². The van der Waals surface area contributed by atoms with Crippen LogP contribution in [0.4, 0.5) is 13.2 Å². The number of hydrogen-bond acceptors (Lipinski definition) is 3. The summed E-state index contributed by atoms with van der Waals surface area (Å²) in [5, 5.41) is 8.94. The molecule has 1 unspecified atom stereocenters. The summed E-state index contributed by atoms with van der Waals surface area (Å²) in [4.78, 5) is 14.0. The zero-order valence-corrected chi connectivity index (χ0v) is 10.3. The number of aliphatic hydroxyl groups is 1. The molecule has 7 heteroatoms. The smallest absolute Gasteiger partial charge is 0.382 e. The highest BCUT2D eigenvalue weighted by Gasteiger charge is 2.39. The summed E-state index contributed by atoms with van der Waals surface area (Å²) < 4.78 is 36.5. The van der Waals surface area contributed by atoms with Gasteiger partial charge in [0.05, 0.1) is 6.54 Å². The number of rotatable bonds is 6. The van der Waals surface area contributed by atoms with Gasteiger partial charge in [-0.05, 0) is 13.0 Å². The van der Waals surface area contributed by atoms with E-state index in [9.17, 15) is 18.0 Å². The Morgan fingerprint density at radius 3 is 2.24 bits per heavy atom. The number of halogens is 3. The van der Waals surface area contributed by atoms with E-state index < -0.39 is 18.8 Å². The molecule has 0 saturated carbocycles. The second kappa shape index (κ2) is 6.80. The zero-order chi connectivity index (χ0) is 13.6. The minimum Gasteiger partial charge on any atom is -0.382 e. The Hall–Kier alpha value is -0.820. The molecular formula is C10H19F3N2O2. The van der Waals surface area contributed by atoms with Crippen LogP contribution in [0, 0.1) is 0 Å². The second-order valence-electron chi connectivity index (χ2n) is 4.08. The van der Waals surface area contributed by atoms with Crippen LogP contribution in [0.1, 0.15) is 13.3 Å². The standard InChI is InChI=1S/C10H19F3N2O2/c1-4-5-15(7-9(17)14(2)3)6-8(16)10(11,12)13/h8,16H,4-7H2,1-3H3. The molecule has 0 rings (SSSR count). The molecule has 17 heavy (non-hydrogen) atoms. The molecule has 102 valence electrons. The van der Waals surface area contributed by atoms with Gasteiger partial charge in [-0.2, -0.15) is 13.2 Å². The van der Waals surface area contributed by atoms with E-state index in [0.29, 0.717) is 13.0 Å². The van der Waals surface area contributed by atoms with Gasteiger partial charge in [0, 0.05) is 20.6 Å². The zero-order valence-electron chi connectivity index (χ0n) is 10.3. The fourth-order valence-corrected chi connectivity index (χ4v) is 1.23. The van der Waals surface area contributed by atoms with Crippen molar-refractivity contribution in [3.63, 3.8) is 0 Å². The normalized spacial score (nSPS) is 13.9. The van der Waals surface area contributed by atoms with Gasteiger partial charge in [0.15, 0.2) is 6.10 Å². The largest absolute Gasteiger partial charge is 0.415 e. The van der Waals surface area contributed by atoms with Gasteiger partial charge in [-0.25, -0.2) is 0 Å². The van der Waals surface area contributed by atoms with Crippen molar-refractivity contribution in [3.8, 4) is 0 Å². The maximum atomic E-state index is 12.2. The molecule has 0 aromatic carbocycles. The van der Waals surface area contributed by atoms with Gasteiger partial charge < -0.3 is 10.0 Å². The van der Waals surface area contributed by atoms with E-state index in [1.165, 1.54) is 23.9 Å². The van der Waals surface area contributed by atoms with E-state index in [1.807, 2.05) is 0 Å². The van der Waals surface area contributed by atoms with E-state index >= 15 is 0 Å². The van der Waals surface area contributed by atoms with Crippen LogP contribution < -0.4 is 0 Å². The van der Waals surface area contributed by atoms with Crippen LogP contribution in [0.5, 0.6) is 0 Å². The Balaban J connectivity index is 4.39. The third-order valence-corrected chi connectivity index (χ3v) is 2.21. The molecule has 0 spiro atoms. The molecule has 1 amide bonds. The molecule has 0 radical (unpaired) electrons. The number of amides is 1. The maximum Gasteiger partial charge on any atom is 0.415 e. The van der Waals surface area contributed by atoms with Crippen LogP contribution >= 0.6 is 0 Å². The van der Waals surface area contributed by atoms with Crippen molar-refractivity contribution in [2.45, 2.75) is 25.6 Å². The van der Waals surface area contributed by atoms with E-state index in [2.05, 4.69) is 0 Å². The fourth-order valence-electron chi connectivity index (χ4n) is 1.23. The highest BCUT2D eigenvalue weighted by Crippen LogP contribution is 2.20. The average molecular weight is 256 g/mol. The number of alkyl halides is 3. The Morgan fingerprint density at radius 2 is 1.88 bits per heavy atom. The number of aliphatic hydroxyl groups excluding tert-OH is 1. The number of carbonyl (C=O) groups excluding carboxylic acids is 1. The van der Waals surface area contributed by atoms with Gasteiger partial charge in [-0.15, -0.1) is 0 Å². The molecule has 0 aliphatic carbocycles. The first-order chi connectivity index (χ1) is 7.68. The lowest BCUT2D eigenvalue weighted by Crippen LogP contribution is -2.45. The lowest BCUT2D eigenvalue weighted by molar-refractivity contribution is -0.208. The Bertz CT molecular complexity index is 244. The van der Waals surface area contributed by atoms with Gasteiger partial charge in [-0.1, -0.05) is 6.92 Å². The van der Waals surface area contributed by atoms with Crippen molar-refractivity contribution in [2.75, 3.05) is 33.7 Å². The molecule has 0 heterocycles. The summed E-state index contributed by atoms with van der Waals surface area (Å²) in [6, 6.07) is 0. The van der Waals surface area contributed by atoms with Crippen molar-refractivity contribution >= 4 is 5.91 Å². The van der Waals surface area contributed by atoms with E-state index in [0.717, 1.165) is 0 Å². The molecule has 1 N–H and O–H groups in total. The van der Waals surface area contributed by atoms with Gasteiger partial charge in [-0.3, -0.25) is 9.69 Å². The molecule has 0 saturated heterocycles. The predicted molar refractivity (Wildman–Crippen MR) is 57.5 cm³/mol. The van der Waals surface area contributed by atoms with Crippen molar-refractivity contribution in [1.29, 1.82) is 0 Å². The first-order valence-electron chi connectivity index (χ1n) is 5.35. The Morgan fingerprint density at radius 1 is 1.35 bits per heavy atom. The molecule has 0 aromatic heterocycles. The number of carbonyl (C=O) groups is 1. The molecular weight excluding hydrogens is 237 g/mol. The van der Waals surface area contributed by atoms with Gasteiger partial charge in [0.25, 0.3) is 0 Å². The third kappa shape index (κ3) is 6.48. The molecule has 1 atom stereocenters. The Labute approximate surface area is 99.0 Å². The van der Waals surface area contributed by atoms with Crippen LogP contribution in [0.15, 0.2) is 0 Å². The summed E-state index contributed by atoms with van der Waals surface area (Å²) in [7, 11) is 3.07. The first-order valence-corrected chi connectivity index (χ1v) is 5.35. The number of hydrogen-bond donors (Lipinski definition) is 1. The van der Waals surface area contributed by atoms with Crippen LogP contribution in [-0.4, -0.2) is 66.8 Å². The molecule has 4 nitrogen and oxygen atoms in total. The van der Waals surface area contributed by atoms with Crippen LogP contribution in [0.2, 0.25) is 0 Å². The minimum atomic E-state index is -4.65. The van der Waals surface area contributed by atoms with E-state index in [-0.39, 0.29) is 12.5 Å². The summed E-state index contributed by atoms with van der Waals surface area (Å²) in [5.74, 6) is -0.284. The van der Waals surface area contributed by atoms with Crippen LogP contribution in [-0.2, 0) is 4.79 Å². The molecule has 0 aliphatic rings. The average Bonchev–Trinajstić information content (AvgIpc) is 2.16. The maximum absolute atomic E-state index is 12.2. The SMILES string of the molecule is CCCN(CC(=O)N(C)C)CC(O)C(F)(F)F. The first kappa shape index (κ1) is 16.2. The monoisotopic (exact) mass is 256 g/mol. The lowest BCUT2D eigenvalue weighted by atomic mass is 10.3. The van der Waals surface area contributed by atoms with Crippen LogP contribution in [0.3, 0.4) is 0 Å². The summed E-state index contributed by atoms with van der Waals surface area (Å²) >= 11 is 0. The van der Waals surface area contributed by atoms with E-state index in [4.69, 9.17) is 5.11 Å². The highest BCUT2D eigenvalue weighted by atomic mass is 19.4. The second-order valence-corrected chi connectivity index (χ2v) is 4.08.